The van der Waals surface area contributed by atoms with E-state index in [1.165, 1.54) is 4.90 Å². The molecular formula is C15H21NO4. The normalized spacial score (nSPS) is 26.1. The van der Waals surface area contributed by atoms with Crippen molar-refractivity contribution >= 4 is 6.09 Å². The fraction of sp³-hybridized carbons (Fsp3) is 0.533. The first-order valence-electron chi connectivity index (χ1n) is 6.87. The average molecular weight is 279 g/mol. The van der Waals surface area contributed by atoms with E-state index >= 15 is 0 Å². The van der Waals surface area contributed by atoms with E-state index in [9.17, 15) is 15.0 Å². The maximum absolute atomic E-state index is 12.0. The summed E-state index contributed by atoms with van der Waals surface area (Å²) in [5, 5.41) is 19.1. The van der Waals surface area contributed by atoms with Gasteiger partial charge in [-0.25, -0.2) is 4.79 Å². The Morgan fingerprint density at radius 1 is 1.25 bits per heavy atom. The number of hydrogen-bond acceptors (Lipinski definition) is 4. The van der Waals surface area contributed by atoms with Gasteiger partial charge in [0.25, 0.3) is 0 Å². The van der Waals surface area contributed by atoms with Gasteiger partial charge in [-0.05, 0) is 24.8 Å². The smallest absolute Gasteiger partial charge is 0.410 e. The Hall–Kier alpha value is -1.59. The third kappa shape index (κ3) is 3.71. The Kier molecular flexibility index (Phi) is 4.98. The molecule has 1 aliphatic rings. The van der Waals surface area contributed by atoms with Gasteiger partial charge in [0.2, 0.25) is 0 Å². The lowest BCUT2D eigenvalue weighted by Gasteiger charge is -2.35. The molecule has 0 aliphatic heterocycles. The lowest BCUT2D eigenvalue weighted by atomic mass is 9.90. The number of nitrogens with zero attached hydrogens (tertiary/aromatic N) is 1. The fourth-order valence-corrected chi connectivity index (χ4v) is 2.43. The third-order valence-corrected chi connectivity index (χ3v) is 3.79. The number of benzene rings is 1. The molecular weight excluding hydrogens is 258 g/mol. The topological polar surface area (TPSA) is 70.0 Å². The summed E-state index contributed by atoms with van der Waals surface area (Å²) in [6, 6.07) is 9.41. The number of rotatable bonds is 3. The van der Waals surface area contributed by atoms with Crippen molar-refractivity contribution in [2.75, 3.05) is 7.05 Å². The maximum Gasteiger partial charge on any atom is 0.410 e. The number of amides is 1. The summed E-state index contributed by atoms with van der Waals surface area (Å²) in [5.41, 5.74) is 0.938. The van der Waals surface area contributed by atoms with Crippen LogP contribution in [0, 0.1) is 0 Å². The Balaban J connectivity index is 1.83. The molecule has 0 radical (unpaired) electrons. The molecule has 0 bridgehead atoms. The Morgan fingerprint density at radius 2 is 1.95 bits per heavy atom. The highest BCUT2D eigenvalue weighted by Crippen LogP contribution is 2.23. The molecule has 1 aliphatic carbocycles. The second kappa shape index (κ2) is 6.72. The zero-order valence-electron chi connectivity index (χ0n) is 11.6. The molecule has 5 nitrogen and oxygen atoms in total. The van der Waals surface area contributed by atoms with Gasteiger partial charge in [0.15, 0.2) is 0 Å². The van der Waals surface area contributed by atoms with Crippen molar-refractivity contribution in [3.63, 3.8) is 0 Å². The molecule has 2 rings (SSSR count). The molecule has 0 saturated heterocycles. The van der Waals surface area contributed by atoms with Crippen molar-refractivity contribution in [3.8, 4) is 0 Å². The van der Waals surface area contributed by atoms with Crippen LogP contribution in [0.15, 0.2) is 30.3 Å². The molecule has 0 aromatic heterocycles. The van der Waals surface area contributed by atoms with Crippen molar-refractivity contribution in [1.82, 2.24) is 4.90 Å². The second-order valence-electron chi connectivity index (χ2n) is 5.25. The monoisotopic (exact) mass is 279 g/mol. The van der Waals surface area contributed by atoms with Crippen molar-refractivity contribution in [3.05, 3.63) is 35.9 Å². The number of aliphatic hydroxyl groups is 2. The maximum atomic E-state index is 12.0. The standard InChI is InChI=1S/C15H21NO4/c1-16(12-7-8-13(17)14(18)9-12)15(19)20-10-11-5-3-2-4-6-11/h2-6,12-14,17-18H,7-10H2,1H3/t12-,13-,14-/m1/s1. The predicted molar refractivity (Wildman–Crippen MR) is 74.0 cm³/mol. The van der Waals surface area contributed by atoms with Crippen molar-refractivity contribution in [1.29, 1.82) is 0 Å². The zero-order valence-corrected chi connectivity index (χ0v) is 11.6. The number of carbonyl (C=O) groups is 1. The molecule has 20 heavy (non-hydrogen) atoms. The highest BCUT2D eigenvalue weighted by atomic mass is 16.6. The first-order chi connectivity index (χ1) is 9.58. The van der Waals surface area contributed by atoms with Crippen molar-refractivity contribution < 1.29 is 19.7 Å². The molecule has 0 spiro atoms. The van der Waals surface area contributed by atoms with Crippen molar-refractivity contribution in [2.45, 2.75) is 44.1 Å². The van der Waals surface area contributed by atoms with Crippen LogP contribution in [0.2, 0.25) is 0 Å². The summed E-state index contributed by atoms with van der Waals surface area (Å²) in [6.45, 7) is 0.238. The van der Waals surface area contributed by atoms with Gasteiger partial charge in [0.05, 0.1) is 12.2 Å². The fourth-order valence-electron chi connectivity index (χ4n) is 2.43. The SMILES string of the molecule is CN(C(=O)OCc1ccccc1)[C@@H]1CC[C@@H](O)[C@H](O)C1. The zero-order chi connectivity index (χ0) is 14.5. The van der Waals surface area contributed by atoms with E-state index in [1.54, 1.807) is 7.05 Å². The van der Waals surface area contributed by atoms with Crippen LogP contribution in [-0.2, 0) is 11.3 Å². The summed E-state index contributed by atoms with van der Waals surface area (Å²) < 4.78 is 5.25. The molecule has 1 saturated carbocycles. The molecule has 1 aromatic carbocycles. The lowest BCUT2D eigenvalue weighted by Crippen LogP contribution is -2.45. The highest BCUT2D eigenvalue weighted by molar-refractivity contribution is 5.67. The van der Waals surface area contributed by atoms with E-state index in [0.717, 1.165) is 5.56 Å². The molecule has 0 unspecified atom stereocenters. The Morgan fingerprint density at radius 3 is 2.60 bits per heavy atom. The van der Waals surface area contributed by atoms with Crippen LogP contribution in [-0.4, -0.2) is 46.5 Å². The predicted octanol–water partition coefficient (Wildman–Crippen LogP) is 1.53. The van der Waals surface area contributed by atoms with Crippen LogP contribution in [0.3, 0.4) is 0 Å². The quantitative estimate of drug-likeness (QED) is 0.880. The molecule has 1 fully saturated rings. The van der Waals surface area contributed by atoms with E-state index in [1.807, 2.05) is 30.3 Å². The van der Waals surface area contributed by atoms with Gasteiger partial charge in [-0.3, -0.25) is 0 Å². The van der Waals surface area contributed by atoms with E-state index in [4.69, 9.17) is 4.74 Å². The Labute approximate surface area is 118 Å². The number of aliphatic hydroxyl groups excluding tert-OH is 2. The summed E-state index contributed by atoms with van der Waals surface area (Å²) in [6.07, 6.45) is -0.282. The molecule has 110 valence electrons. The van der Waals surface area contributed by atoms with Crippen LogP contribution in [0.1, 0.15) is 24.8 Å². The van der Waals surface area contributed by atoms with Gasteiger partial charge in [0, 0.05) is 13.1 Å². The average Bonchev–Trinajstić information content (AvgIpc) is 2.48. The number of ether oxygens (including phenoxy) is 1. The van der Waals surface area contributed by atoms with Crippen LogP contribution < -0.4 is 0 Å². The summed E-state index contributed by atoms with van der Waals surface area (Å²) in [7, 11) is 1.67. The van der Waals surface area contributed by atoms with Crippen molar-refractivity contribution in [2.24, 2.45) is 0 Å². The number of carbonyl (C=O) groups excluding carboxylic acids is 1. The van der Waals surface area contributed by atoms with Crippen LogP contribution in [0.25, 0.3) is 0 Å². The summed E-state index contributed by atoms with van der Waals surface area (Å²) in [5.74, 6) is 0. The third-order valence-electron chi connectivity index (χ3n) is 3.79. The minimum atomic E-state index is -0.766. The van der Waals surface area contributed by atoms with Crippen LogP contribution >= 0.6 is 0 Å². The second-order valence-corrected chi connectivity index (χ2v) is 5.25. The molecule has 2 N–H and O–H groups in total. The highest BCUT2D eigenvalue weighted by Gasteiger charge is 2.32. The molecule has 5 heteroatoms. The summed E-state index contributed by atoms with van der Waals surface area (Å²) >= 11 is 0. The molecule has 1 amide bonds. The minimum absolute atomic E-state index is 0.0864. The van der Waals surface area contributed by atoms with Gasteiger partial charge < -0.3 is 19.8 Å². The van der Waals surface area contributed by atoms with Crippen LogP contribution in [0.5, 0.6) is 0 Å². The Bertz CT molecular complexity index is 437. The van der Waals surface area contributed by atoms with Gasteiger partial charge in [-0.15, -0.1) is 0 Å². The molecule has 1 aromatic rings. The van der Waals surface area contributed by atoms with E-state index < -0.39 is 18.3 Å². The van der Waals surface area contributed by atoms with Gasteiger partial charge in [-0.1, -0.05) is 30.3 Å². The minimum Gasteiger partial charge on any atom is -0.445 e. The first-order valence-corrected chi connectivity index (χ1v) is 6.87. The van der Waals surface area contributed by atoms with E-state index in [0.29, 0.717) is 19.3 Å². The summed E-state index contributed by atoms with van der Waals surface area (Å²) in [4.78, 5) is 13.5. The first kappa shape index (κ1) is 14.8. The lowest BCUT2D eigenvalue weighted by molar-refractivity contribution is -0.0334. The molecule has 3 atom stereocenters. The van der Waals surface area contributed by atoms with E-state index in [-0.39, 0.29) is 12.6 Å². The largest absolute Gasteiger partial charge is 0.445 e. The van der Waals surface area contributed by atoms with Gasteiger partial charge in [-0.2, -0.15) is 0 Å². The van der Waals surface area contributed by atoms with Gasteiger partial charge in [0.1, 0.15) is 6.61 Å². The van der Waals surface area contributed by atoms with Gasteiger partial charge >= 0.3 is 6.09 Å². The molecule has 0 heterocycles. The van der Waals surface area contributed by atoms with E-state index in [2.05, 4.69) is 0 Å². The van der Waals surface area contributed by atoms with Crippen LogP contribution in [0.4, 0.5) is 4.79 Å². The number of hydrogen-bond donors (Lipinski definition) is 2.